The topological polar surface area (TPSA) is 75.2 Å². The summed E-state index contributed by atoms with van der Waals surface area (Å²) in [5.41, 5.74) is 6.51. The Morgan fingerprint density at radius 1 is 1.22 bits per heavy atom. The number of benzene rings is 2. The number of aromatic amines is 1. The van der Waals surface area contributed by atoms with Gasteiger partial charge in [0.2, 0.25) is 0 Å². The van der Waals surface area contributed by atoms with E-state index in [1.165, 1.54) is 16.7 Å². The molecule has 0 atom stereocenters. The van der Waals surface area contributed by atoms with Gasteiger partial charge in [-0.15, -0.1) is 0 Å². The Bertz CT molecular complexity index is 899. The van der Waals surface area contributed by atoms with Gasteiger partial charge in [0.15, 0.2) is 6.61 Å². The van der Waals surface area contributed by atoms with Crippen LogP contribution in [0.2, 0.25) is 0 Å². The van der Waals surface area contributed by atoms with Gasteiger partial charge >= 0.3 is 5.97 Å². The van der Waals surface area contributed by atoms with Crippen LogP contribution in [0.15, 0.2) is 48.5 Å². The summed E-state index contributed by atoms with van der Waals surface area (Å²) >= 11 is 0. The molecule has 0 unspecified atom stereocenters. The van der Waals surface area contributed by atoms with Crippen LogP contribution in [0.5, 0.6) is 5.75 Å². The van der Waals surface area contributed by atoms with E-state index in [1.54, 1.807) is 6.07 Å². The van der Waals surface area contributed by atoms with Gasteiger partial charge in [-0.05, 0) is 17.7 Å². The second kappa shape index (κ2) is 5.28. The highest BCUT2D eigenvalue weighted by atomic mass is 16.5. The first-order valence-electron chi connectivity index (χ1n) is 7.33. The third kappa shape index (κ3) is 2.36. The number of nitrogens with zero attached hydrogens (tertiary/aromatic N) is 1. The predicted octanol–water partition coefficient (Wildman–Crippen LogP) is 3.11. The van der Waals surface area contributed by atoms with Gasteiger partial charge in [0.05, 0.1) is 11.4 Å². The number of fused-ring (bicyclic) bond motifs is 3. The fraction of sp³-hybridized carbons (Fsp3) is 0.111. The van der Waals surface area contributed by atoms with Crippen molar-refractivity contribution in [2.45, 2.75) is 6.42 Å². The lowest BCUT2D eigenvalue weighted by Crippen LogP contribution is -2.09. The molecule has 2 aromatic carbocycles. The molecule has 0 saturated heterocycles. The summed E-state index contributed by atoms with van der Waals surface area (Å²) in [7, 11) is 0. The van der Waals surface area contributed by atoms with Crippen LogP contribution >= 0.6 is 0 Å². The minimum Gasteiger partial charge on any atom is -0.482 e. The number of carboxylic acid groups (broad SMARTS) is 1. The number of carboxylic acids is 1. The maximum Gasteiger partial charge on any atom is 0.341 e. The normalized spacial score (nSPS) is 11.8. The molecule has 3 aromatic rings. The van der Waals surface area contributed by atoms with Crippen LogP contribution in [0.3, 0.4) is 0 Å². The Kier molecular flexibility index (Phi) is 3.12. The van der Waals surface area contributed by atoms with Crippen molar-refractivity contribution >= 4 is 5.97 Å². The highest BCUT2D eigenvalue weighted by molar-refractivity contribution is 5.81. The van der Waals surface area contributed by atoms with Crippen molar-refractivity contribution in [1.29, 1.82) is 0 Å². The van der Waals surface area contributed by atoms with E-state index in [-0.39, 0.29) is 6.61 Å². The van der Waals surface area contributed by atoms with Crippen molar-refractivity contribution in [3.8, 4) is 28.3 Å². The first-order chi connectivity index (χ1) is 11.2. The summed E-state index contributed by atoms with van der Waals surface area (Å²) in [5, 5.41) is 16.3. The molecule has 0 fully saturated rings. The van der Waals surface area contributed by atoms with E-state index in [4.69, 9.17) is 9.84 Å². The molecular formula is C18H14N2O3. The number of hydrogen-bond acceptors (Lipinski definition) is 3. The average Bonchev–Trinajstić information content (AvgIpc) is 3.12. The first kappa shape index (κ1) is 13.6. The molecule has 0 amide bonds. The molecular weight excluding hydrogens is 292 g/mol. The van der Waals surface area contributed by atoms with E-state index >= 15 is 0 Å². The molecule has 4 rings (SSSR count). The van der Waals surface area contributed by atoms with Gasteiger partial charge in [-0.3, -0.25) is 5.10 Å². The molecule has 0 bridgehead atoms. The molecule has 0 aliphatic heterocycles. The molecule has 1 aromatic heterocycles. The van der Waals surface area contributed by atoms with Crippen molar-refractivity contribution in [3.05, 3.63) is 59.7 Å². The molecule has 2 N–H and O–H groups in total. The number of aromatic nitrogens is 2. The third-order valence-corrected chi connectivity index (χ3v) is 3.99. The third-order valence-electron chi connectivity index (χ3n) is 3.99. The summed E-state index contributed by atoms with van der Waals surface area (Å²) < 4.78 is 5.25. The summed E-state index contributed by atoms with van der Waals surface area (Å²) in [4.78, 5) is 10.6. The molecule has 1 heterocycles. The van der Waals surface area contributed by atoms with Crippen LogP contribution in [0.25, 0.3) is 22.5 Å². The monoisotopic (exact) mass is 306 g/mol. The molecule has 0 saturated carbocycles. The van der Waals surface area contributed by atoms with Crippen molar-refractivity contribution in [1.82, 2.24) is 10.2 Å². The van der Waals surface area contributed by atoms with Gasteiger partial charge in [0.25, 0.3) is 0 Å². The van der Waals surface area contributed by atoms with E-state index in [9.17, 15) is 4.79 Å². The fourth-order valence-electron chi connectivity index (χ4n) is 2.99. The predicted molar refractivity (Wildman–Crippen MR) is 85.4 cm³/mol. The quantitative estimate of drug-likeness (QED) is 0.607. The van der Waals surface area contributed by atoms with Crippen LogP contribution < -0.4 is 4.74 Å². The molecule has 0 spiro atoms. The van der Waals surface area contributed by atoms with Crippen LogP contribution in [0, 0.1) is 0 Å². The van der Waals surface area contributed by atoms with Crippen molar-refractivity contribution < 1.29 is 14.6 Å². The van der Waals surface area contributed by atoms with Crippen molar-refractivity contribution in [3.63, 3.8) is 0 Å². The number of rotatable bonds is 4. The smallest absolute Gasteiger partial charge is 0.341 e. The molecule has 5 nitrogen and oxygen atoms in total. The summed E-state index contributed by atoms with van der Waals surface area (Å²) in [5.74, 6) is -0.469. The molecule has 5 heteroatoms. The molecule has 23 heavy (non-hydrogen) atoms. The Hall–Kier alpha value is -3.08. The lowest BCUT2D eigenvalue weighted by molar-refractivity contribution is -0.139. The lowest BCUT2D eigenvalue weighted by Gasteiger charge is -2.05. The Balaban J connectivity index is 1.69. The Morgan fingerprint density at radius 2 is 2.09 bits per heavy atom. The summed E-state index contributed by atoms with van der Waals surface area (Å²) in [6, 6.07) is 15.6. The zero-order valence-corrected chi connectivity index (χ0v) is 12.2. The Morgan fingerprint density at radius 3 is 2.96 bits per heavy atom. The van der Waals surface area contributed by atoms with Gasteiger partial charge < -0.3 is 9.84 Å². The molecule has 114 valence electrons. The second-order valence-corrected chi connectivity index (χ2v) is 5.47. The maximum atomic E-state index is 10.6. The highest BCUT2D eigenvalue weighted by Crippen LogP contribution is 2.40. The lowest BCUT2D eigenvalue weighted by atomic mass is 10.1. The number of nitrogens with one attached hydrogen (secondary N) is 1. The van der Waals surface area contributed by atoms with Gasteiger partial charge in [-0.2, -0.15) is 5.10 Å². The maximum absolute atomic E-state index is 10.6. The van der Waals surface area contributed by atoms with Gasteiger partial charge in [-0.25, -0.2) is 4.79 Å². The number of ether oxygens (including phenoxy) is 1. The largest absolute Gasteiger partial charge is 0.482 e. The zero-order valence-electron chi connectivity index (χ0n) is 12.2. The fourth-order valence-corrected chi connectivity index (χ4v) is 2.99. The standard InChI is InChI=1S/C18H14N2O3/c21-16(22)10-23-13-6-3-5-12(8-13)17-15-9-11-4-1-2-7-14(11)18(15)20-19-17/h1-8H,9-10H2,(H,19,20)(H,21,22). The zero-order chi connectivity index (χ0) is 15.8. The number of H-pyrrole nitrogens is 1. The Labute approximate surface area is 132 Å². The van der Waals surface area contributed by atoms with Crippen molar-refractivity contribution in [2.24, 2.45) is 0 Å². The van der Waals surface area contributed by atoms with Crippen molar-refractivity contribution in [2.75, 3.05) is 6.61 Å². The SMILES string of the molecule is O=C(O)COc1cccc(-c2n[nH]c3c2Cc2ccccc2-3)c1. The molecule has 1 aliphatic rings. The van der Waals surface area contributed by atoms with Crippen LogP contribution in [-0.4, -0.2) is 27.9 Å². The summed E-state index contributed by atoms with van der Waals surface area (Å²) in [6.07, 6.45) is 0.845. The van der Waals surface area contributed by atoms with Gasteiger partial charge in [0, 0.05) is 23.1 Å². The number of carbonyl (C=O) groups is 1. The van der Waals surface area contributed by atoms with Gasteiger partial charge in [-0.1, -0.05) is 36.4 Å². The van der Waals surface area contributed by atoms with E-state index in [0.29, 0.717) is 5.75 Å². The van der Waals surface area contributed by atoms with Crippen LogP contribution in [0.1, 0.15) is 11.1 Å². The van der Waals surface area contributed by atoms with E-state index in [0.717, 1.165) is 23.4 Å². The highest BCUT2D eigenvalue weighted by Gasteiger charge is 2.24. The average molecular weight is 306 g/mol. The first-order valence-corrected chi connectivity index (χ1v) is 7.33. The minimum absolute atomic E-state index is 0.354. The van der Waals surface area contributed by atoms with E-state index in [1.807, 2.05) is 30.3 Å². The molecule has 0 radical (unpaired) electrons. The number of aliphatic carboxylic acids is 1. The van der Waals surface area contributed by atoms with Gasteiger partial charge in [0.1, 0.15) is 5.75 Å². The second-order valence-electron chi connectivity index (χ2n) is 5.47. The van der Waals surface area contributed by atoms with Crippen LogP contribution in [0.4, 0.5) is 0 Å². The van der Waals surface area contributed by atoms with E-state index < -0.39 is 5.97 Å². The minimum atomic E-state index is -0.994. The van der Waals surface area contributed by atoms with E-state index in [2.05, 4.69) is 22.3 Å². The molecule has 1 aliphatic carbocycles. The number of hydrogen-bond donors (Lipinski definition) is 2. The van der Waals surface area contributed by atoms with Crippen LogP contribution in [-0.2, 0) is 11.2 Å². The summed E-state index contributed by atoms with van der Waals surface area (Å²) in [6.45, 7) is -0.354.